The second-order valence-electron chi connectivity index (χ2n) is 8.61. The Labute approximate surface area is 171 Å². The standard InChI is InChI=1S/C20H32N2O7/c1-10-7-14(23)12(3)18(25)28-9-20(5)17(22(21)19(26)29-20)13(4)16(24)11(2)8-15(10)27-6/h10-13,15,17H,7-9,21H2,1-6H3/t10-,11-,12?,13?,15?,17?,20-/m1/s1. The zero-order valence-corrected chi connectivity index (χ0v) is 18.0. The van der Waals surface area contributed by atoms with Crippen LogP contribution in [-0.2, 0) is 28.6 Å². The Kier molecular flexibility index (Phi) is 7.06. The van der Waals surface area contributed by atoms with E-state index in [1.165, 1.54) is 14.0 Å². The molecule has 29 heavy (non-hydrogen) atoms. The van der Waals surface area contributed by atoms with Crippen molar-refractivity contribution in [1.29, 1.82) is 0 Å². The number of Topliss-reactive ketones (excluding diaryl/α,β-unsaturated/α-hetero) is 2. The van der Waals surface area contributed by atoms with Crippen molar-refractivity contribution < 1.29 is 33.4 Å². The lowest BCUT2D eigenvalue weighted by Gasteiger charge is -2.35. The molecule has 164 valence electrons. The third-order valence-electron chi connectivity index (χ3n) is 6.25. The number of hydrogen-bond acceptors (Lipinski definition) is 8. The fourth-order valence-corrected chi connectivity index (χ4v) is 4.33. The van der Waals surface area contributed by atoms with Gasteiger partial charge in [0.15, 0.2) is 5.60 Å². The predicted molar refractivity (Wildman–Crippen MR) is 102 cm³/mol. The maximum Gasteiger partial charge on any atom is 0.425 e. The number of methoxy groups -OCH3 is 1. The first-order chi connectivity index (χ1) is 13.4. The van der Waals surface area contributed by atoms with Crippen LogP contribution in [0.15, 0.2) is 0 Å². The highest BCUT2D eigenvalue weighted by Gasteiger charge is 2.55. The fraction of sp³-hybridized carbons (Fsp3) is 0.800. The minimum atomic E-state index is -1.31. The van der Waals surface area contributed by atoms with E-state index in [1.54, 1.807) is 20.8 Å². The third-order valence-corrected chi connectivity index (χ3v) is 6.25. The summed E-state index contributed by atoms with van der Waals surface area (Å²) in [4.78, 5) is 50.2. The zero-order chi connectivity index (χ0) is 22.1. The van der Waals surface area contributed by atoms with E-state index in [0.717, 1.165) is 5.01 Å². The number of nitrogens with zero attached hydrogens (tertiary/aromatic N) is 1. The van der Waals surface area contributed by atoms with Gasteiger partial charge in [0.05, 0.1) is 6.10 Å². The quantitative estimate of drug-likeness (QED) is 0.297. The van der Waals surface area contributed by atoms with Crippen LogP contribution in [0.3, 0.4) is 0 Å². The lowest BCUT2D eigenvalue weighted by atomic mass is 9.79. The summed E-state index contributed by atoms with van der Waals surface area (Å²) in [7, 11) is 1.54. The SMILES string of the molecule is COC1C[C@@H](C)C(=O)C(C)C2N(N)C(=O)O[C@]2(C)COC(=O)C(C)C(=O)C[C@H]1C. The number of amides is 1. The van der Waals surface area contributed by atoms with Crippen LogP contribution in [0.2, 0.25) is 0 Å². The Morgan fingerprint density at radius 1 is 1.14 bits per heavy atom. The number of carbonyl (C=O) groups excluding carboxylic acids is 4. The van der Waals surface area contributed by atoms with Crippen LogP contribution >= 0.6 is 0 Å². The molecule has 0 radical (unpaired) electrons. The highest BCUT2D eigenvalue weighted by Crippen LogP contribution is 2.35. The van der Waals surface area contributed by atoms with Crippen LogP contribution in [0, 0.1) is 23.7 Å². The molecule has 1 amide bonds. The van der Waals surface area contributed by atoms with Crippen molar-refractivity contribution in [3.05, 3.63) is 0 Å². The van der Waals surface area contributed by atoms with E-state index < -0.39 is 35.5 Å². The lowest BCUT2D eigenvalue weighted by molar-refractivity contribution is -0.158. The van der Waals surface area contributed by atoms with E-state index >= 15 is 0 Å². The molecule has 2 saturated heterocycles. The maximum absolute atomic E-state index is 13.1. The van der Waals surface area contributed by atoms with Gasteiger partial charge in [-0.25, -0.2) is 15.6 Å². The molecule has 9 heteroatoms. The molecule has 2 heterocycles. The average Bonchev–Trinajstić information content (AvgIpc) is 2.90. The van der Waals surface area contributed by atoms with Gasteiger partial charge in [-0.3, -0.25) is 14.4 Å². The molecule has 2 aliphatic rings. The van der Waals surface area contributed by atoms with Crippen LogP contribution in [0.5, 0.6) is 0 Å². The number of ether oxygens (including phenoxy) is 3. The van der Waals surface area contributed by atoms with Crippen LogP contribution in [-0.4, -0.2) is 60.1 Å². The summed E-state index contributed by atoms with van der Waals surface area (Å²) in [6.45, 7) is 8.12. The second kappa shape index (κ2) is 8.79. The monoisotopic (exact) mass is 412 g/mol. The molecular weight excluding hydrogens is 380 g/mol. The number of nitrogens with two attached hydrogens (primary N) is 1. The molecule has 2 fully saturated rings. The molecule has 0 aliphatic carbocycles. The van der Waals surface area contributed by atoms with Gasteiger partial charge in [0.1, 0.15) is 30.1 Å². The molecular formula is C20H32N2O7. The smallest absolute Gasteiger partial charge is 0.425 e. The molecule has 0 aromatic rings. The summed E-state index contributed by atoms with van der Waals surface area (Å²) in [5.41, 5.74) is -1.31. The first kappa shape index (κ1) is 23.3. The summed E-state index contributed by atoms with van der Waals surface area (Å²) < 4.78 is 16.2. The summed E-state index contributed by atoms with van der Waals surface area (Å²) in [5, 5.41) is 0.889. The normalized spacial score (nSPS) is 40.2. The highest BCUT2D eigenvalue weighted by atomic mass is 16.6. The number of fused-ring (bicyclic) bond motifs is 1. The topological polar surface area (TPSA) is 125 Å². The van der Waals surface area contributed by atoms with Gasteiger partial charge in [-0.15, -0.1) is 0 Å². The molecule has 2 N–H and O–H groups in total. The molecule has 2 rings (SSSR count). The Morgan fingerprint density at radius 3 is 2.34 bits per heavy atom. The van der Waals surface area contributed by atoms with Crippen molar-refractivity contribution in [2.45, 2.75) is 65.2 Å². The van der Waals surface area contributed by atoms with Crippen LogP contribution in [0.1, 0.15) is 47.5 Å². The molecule has 0 spiro atoms. The van der Waals surface area contributed by atoms with Gasteiger partial charge < -0.3 is 14.2 Å². The van der Waals surface area contributed by atoms with Crippen molar-refractivity contribution in [3.8, 4) is 0 Å². The van der Waals surface area contributed by atoms with E-state index in [4.69, 9.17) is 20.1 Å². The lowest BCUT2D eigenvalue weighted by Crippen LogP contribution is -2.55. The molecule has 0 aromatic carbocycles. The third kappa shape index (κ3) is 4.61. The average molecular weight is 412 g/mol. The number of cyclic esters (lactones) is 1. The Bertz CT molecular complexity index is 682. The van der Waals surface area contributed by atoms with Gasteiger partial charge in [0, 0.05) is 25.4 Å². The van der Waals surface area contributed by atoms with Crippen LogP contribution in [0.25, 0.3) is 0 Å². The highest BCUT2D eigenvalue weighted by molar-refractivity contribution is 5.98. The van der Waals surface area contributed by atoms with Crippen molar-refractivity contribution in [3.63, 3.8) is 0 Å². The van der Waals surface area contributed by atoms with Gasteiger partial charge in [-0.05, 0) is 26.2 Å². The van der Waals surface area contributed by atoms with E-state index in [-0.39, 0.29) is 42.5 Å². The van der Waals surface area contributed by atoms with Gasteiger partial charge in [0.25, 0.3) is 0 Å². The summed E-state index contributed by atoms with van der Waals surface area (Å²) in [5.74, 6) is 2.66. The van der Waals surface area contributed by atoms with Crippen LogP contribution < -0.4 is 5.84 Å². The maximum atomic E-state index is 13.1. The van der Waals surface area contributed by atoms with Gasteiger partial charge >= 0.3 is 12.1 Å². The largest absolute Gasteiger partial charge is 0.461 e. The number of esters is 1. The second-order valence-corrected chi connectivity index (χ2v) is 8.61. The van der Waals surface area contributed by atoms with Gasteiger partial charge in [0.2, 0.25) is 0 Å². The van der Waals surface area contributed by atoms with Crippen molar-refractivity contribution in [1.82, 2.24) is 5.01 Å². The molecule has 0 bridgehead atoms. The number of hydrazine groups is 1. The number of hydrogen-bond donors (Lipinski definition) is 1. The Morgan fingerprint density at radius 2 is 1.76 bits per heavy atom. The molecule has 4 unspecified atom stereocenters. The van der Waals surface area contributed by atoms with E-state index in [0.29, 0.717) is 6.42 Å². The van der Waals surface area contributed by atoms with Crippen molar-refractivity contribution in [2.24, 2.45) is 29.5 Å². The first-order valence-electron chi connectivity index (χ1n) is 9.95. The summed E-state index contributed by atoms with van der Waals surface area (Å²) in [6.07, 6.45) is -0.581. The van der Waals surface area contributed by atoms with Gasteiger partial charge in [-0.2, -0.15) is 0 Å². The van der Waals surface area contributed by atoms with Gasteiger partial charge in [-0.1, -0.05) is 20.8 Å². The van der Waals surface area contributed by atoms with E-state index in [2.05, 4.69) is 0 Å². The molecule has 0 saturated carbocycles. The number of carbonyl (C=O) groups is 4. The number of rotatable bonds is 1. The van der Waals surface area contributed by atoms with Crippen molar-refractivity contribution in [2.75, 3.05) is 13.7 Å². The Hall–Kier alpha value is -2.00. The molecule has 0 aromatic heterocycles. The first-order valence-corrected chi connectivity index (χ1v) is 9.95. The molecule has 7 atom stereocenters. The summed E-state index contributed by atoms with van der Waals surface area (Å²) in [6, 6.07) is -0.815. The van der Waals surface area contributed by atoms with Crippen molar-refractivity contribution >= 4 is 23.6 Å². The van der Waals surface area contributed by atoms with E-state index in [9.17, 15) is 19.2 Å². The zero-order valence-electron chi connectivity index (χ0n) is 18.0. The predicted octanol–water partition coefficient (Wildman–Crippen LogP) is 1.47. The minimum Gasteiger partial charge on any atom is -0.461 e. The number of ketones is 2. The van der Waals surface area contributed by atoms with E-state index in [1.807, 2.05) is 6.92 Å². The molecule has 9 nitrogen and oxygen atoms in total. The Balaban J connectivity index is 2.41. The minimum absolute atomic E-state index is 0.104. The molecule has 2 aliphatic heterocycles. The fourth-order valence-electron chi connectivity index (χ4n) is 4.33. The summed E-state index contributed by atoms with van der Waals surface area (Å²) >= 11 is 0. The van der Waals surface area contributed by atoms with Crippen LogP contribution in [0.4, 0.5) is 4.79 Å².